The number of rotatable bonds is 7. The molecular formula is C17H23CrNO7. The van der Waals surface area contributed by atoms with Crippen LogP contribution in [0.15, 0.2) is 11.8 Å². The number of hydrogen-bond acceptors (Lipinski definition) is 3. The van der Waals surface area contributed by atoms with Crippen LogP contribution in [0.5, 0.6) is 0 Å². The van der Waals surface area contributed by atoms with Gasteiger partial charge >= 0.3 is 164 Å². The molecule has 144 valence electrons. The normalized spacial score (nSPS) is 8.23. The maximum absolute atomic E-state index is 7.50. The molecule has 0 fully saturated rings. The minimum absolute atomic E-state index is 0.315. The van der Waals surface area contributed by atoms with Gasteiger partial charge in [0.2, 0.25) is 0 Å². The topological polar surface area (TPSA) is 121 Å². The van der Waals surface area contributed by atoms with Crippen molar-refractivity contribution in [2.45, 2.75) is 33.3 Å². The Morgan fingerprint density at radius 1 is 0.885 bits per heavy atom. The molecule has 0 aromatic rings. The predicted molar refractivity (Wildman–Crippen MR) is 83.8 cm³/mol. The van der Waals surface area contributed by atoms with E-state index < -0.39 is 0 Å². The van der Waals surface area contributed by atoms with Gasteiger partial charge in [-0.15, -0.1) is 0 Å². The van der Waals surface area contributed by atoms with Gasteiger partial charge in [0.25, 0.3) is 0 Å². The van der Waals surface area contributed by atoms with Crippen molar-refractivity contribution in [2.24, 2.45) is 0 Å². The van der Waals surface area contributed by atoms with Gasteiger partial charge in [-0.2, -0.15) is 0 Å². The van der Waals surface area contributed by atoms with E-state index in [1.165, 1.54) is 0 Å². The summed E-state index contributed by atoms with van der Waals surface area (Å²) in [6, 6.07) is 0. The molecule has 0 radical (unpaired) electrons. The van der Waals surface area contributed by atoms with Crippen LogP contribution in [-0.4, -0.2) is 42.4 Å². The van der Waals surface area contributed by atoms with Crippen molar-refractivity contribution in [3.63, 3.8) is 0 Å². The van der Waals surface area contributed by atoms with E-state index >= 15 is 0 Å². The number of likely N-dealkylation sites (N-methyl/N-ethyl adjacent to an activating group) is 1. The van der Waals surface area contributed by atoms with Crippen molar-refractivity contribution in [1.29, 1.82) is 0 Å². The van der Waals surface area contributed by atoms with E-state index in [1.807, 2.05) is 38.9 Å². The molecule has 0 bridgehead atoms. The van der Waals surface area contributed by atoms with Crippen LogP contribution in [0.25, 0.3) is 0 Å². The van der Waals surface area contributed by atoms with Gasteiger partial charge in [-0.25, -0.2) is 0 Å². The standard InChI is InChI=1S/C12H23NO2.5CO.Cr/c1-7-14-10-9-11(13(5)6)12(3,4)15-8-2;5*1-2;/h9H,7-8H2,1-6H3;;;;;;/b11-9-;;;;;;. The monoisotopic (exact) mass is 405 g/mol. The second-order valence-electron chi connectivity index (χ2n) is 4.12. The molecule has 26 heavy (non-hydrogen) atoms. The van der Waals surface area contributed by atoms with E-state index in [-0.39, 0.29) is 5.60 Å². The second kappa shape index (κ2) is 34.8. The summed E-state index contributed by atoms with van der Waals surface area (Å²) in [5, 5.41) is 0. The summed E-state index contributed by atoms with van der Waals surface area (Å²) in [5.41, 5.74) is 0.765. The van der Waals surface area contributed by atoms with Gasteiger partial charge in [0.05, 0.1) is 0 Å². The van der Waals surface area contributed by atoms with Crippen LogP contribution >= 0.6 is 0 Å². The van der Waals surface area contributed by atoms with Gasteiger partial charge in [-0.05, 0) is 0 Å². The molecule has 0 aliphatic rings. The quantitative estimate of drug-likeness (QED) is 0.474. The van der Waals surface area contributed by atoms with Crippen molar-refractivity contribution in [1.82, 2.24) is 4.90 Å². The Labute approximate surface area is 164 Å². The van der Waals surface area contributed by atoms with Crippen LogP contribution in [0.4, 0.5) is 0 Å². The number of nitrogens with zero attached hydrogens (tertiary/aromatic N) is 1. The van der Waals surface area contributed by atoms with Crippen molar-refractivity contribution < 1.29 is 48.6 Å². The first kappa shape index (κ1) is 39.6. The molecule has 0 aromatic carbocycles. The van der Waals surface area contributed by atoms with Crippen molar-refractivity contribution >= 4 is 4.57 Å². The molecule has 0 aliphatic carbocycles. The fourth-order valence-electron chi connectivity index (χ4n) is 1.57. The van der Waals surface area contributed by atoms with Gasteiger partial charge in [0.15, 0.2) is 0 Å². The molecule has 0 N–H and O–H groups in total. The van der Waals surface area contributed by atoms with E-state index in [1.54, 1.807) is 0 Å². The maximum atomic E-state index is 7.50. The average Bonchev–Trinajstić information content (AvgIpc) is 2.68. The van der Waals surface area contributed by atoms with Crippen LogP contribution in [0.1, 0.15) is 27.7 Å². The van der Waals surface area contributed by atoms with Gasteiger partial charge in [0, 0.05) is 0 Å². The Bertz CT molecular complexity index is 411. The first-order valence-corrected chi connectivity index (χ1v) is 7.21. The fraction of sp³-hybridized carbons (Fsp3) is 0.529. The number of hydrogen-bond donors (Lipinski definition) is 0. The molecule has 8 nitrogen and oxygen atoms in total. The first-order chi connectivity index (χ1) is 12.3. The average molecular weight is 405 g/mol. The summed E-state index contributed by atoms with van der Waals surface area (Å²) in [6.45, 7) is 31.9. The summed E-state index contributed by atoms with van der Waals surface area (Å²) in [5.74, 6) is 0. The van der Waals surface area contributed by atoms with Gasteiger partial charge in [-0.3, -0.25) is 0 Å². The molecule has 0 saturated carbocycles. The Morgan fingerprint density at radius 2 is 1.23 bits per heavy atom. The molecule has 9 heteroatoms. The fourth-order valence-corrected chi connectivity index (χ4v) is 1.93. The van der Waals surface area contributed by atoms with Gasteiger partial charge in [0.1, 0.15) is 0 Å². The zero-order valence-corrected chi connectivity index (χ0v) is 17.0. The van der Waals surface area contributed by atoms with E-state index in [0.29, 0.717) is 13.2 Å². The zero-order valence-electron chi connectivity index (χ0n) is 15.7. The van der Waals surface area contributed by atoms with Crippen molar-refractivity contribution in [3.05, 3.63) is 45.0 Å². The second-order valence-corrected chi connectivity index (χ2v) is 4.75. The van der Waals surface area contributed by atoms with E-state index in [0.717, 1.165) is 10.3 Å². The third kappa shape index (κ3) is 27.4. The molecule has 0 spiro atoms. The molecule has 0 unspecified atom stereocenters. The van der Waals surface area contributed by atoms with E-state index in [2.05, 4.69) is 63.0 Å². The van der Waals surface area contributed by atoms with Crippen LogP contribution in [0, 0.1) is 33.3 Å². The van der Waals surface area contributed by atoms with Gasteiger partial charge in [-0.1, -0.05) is 0 Å². The number of ether oxygens (including phenoxy) is 2. The Morgan fingerprint density at radius 3 is 1.46 bits per heavy atom. The molecule has 0 atom stereocenters. The Balaban J connectivity index is -0.0000000854. The van der Waals surface area contributed by atoms with Crippen LogP contribution < -0.4 is 0 Å². The van der Waals surface area contributed by atoms with E-state index in [9.17, 15) is 0 Å². The van der Waals surface area contributed by atoms with Crippen LogP contribution in [-0.2, 0) is 48.6 Å². The van der Waals surface area contributed by atoms with E-state index in [4.69, 9.17) is 32.7 Å². The minimum atomic E-state index is -0.315. The molecule has 0 aliphatic heterocycles. The molecular weight excluding hydrogens is 382 g/mol. The van der Waals surface area contributed by atoms with Gasteiger partial charge < -0.3 is 0 Å². The molecule has 0 saturated heterocycles. The predicted octanol–water partition coefficient (Wildman–Crippen LogP) is 1.77. The van der Waals surface area contributed by atoms with Crippen molar-refractivity contribution in [2.75, 3.05) is 27.3 Å². The summed E-state index contributed by atoms with van der Waals surface area (Å²) < 4.78 is 49.4. The molecule has 0 heterocycles. The van der Waals surface area contributed by atoms with Crippen LogP contribution in [0.3, 0.4) is 0 Å². The third-order valence-corrected chi connectivity index (χ3v) is 2.51. The molecule has 0 amide bonds. The SMILES string of the molecule is CCO[C](=[Cr])/C=C(\N(C)C)C(C)(C)OCC.[C-]#[O+].[C-]#[O+].[C-]#[O+].[C-]#[O+].[C-]#[O+]. The molecule has 0 aromatic heterocycles. The van der Waals surface area contributed by atoms with Crippen LogP contribution in [0.2, 0.25) is 0 Å². The third-order valence-electron chi connectivity index (χ3n) is 2.15. The summed E-state index contributed by atoms with van der Waals surface area (Å²) in [7, 11) is 4.01. The zero-order chi connectivity index (χ0) is 22.8. The molecule has 0 rings (SSSR count). The summed E-state index contributed by atoms with van der Waals surface area (Å²) >= 11 is 2.91. The summed E-state index contributed by atoms with van der Waals surface area (Å²) in [4.78, 5) is 2.05. The Hall–Kier alpha value is -1.44. The van der Waals surface area contributed by atoms with Crippen molar-refractivity contribution in [3.8, 4) is 0 Å². The Kier molecular flexibility index (Phi) is 53.0. The summed E-state index contributed by atoms with van der Waals surface area (Å²) in [6.07, 6.45) is 1.99. The first-order valence-electron chi connectivity index (χ1n) is 6.57.